The Morgan fingerprint density at radius 1 is 1.07 bits per heavy atom. The van der Waals surface area contributed by atoms with Crippen molar-refractivity contribution in [1.29, 1.82) is 0 Å². The average molecular weight is 466 g/mol. The van der Waals surface area contributed by atoms with Crippen molar-refractivity contribution < 1.29 is 43.1 Å². The molecule has 1 atom stereocenters. The van der Waals surface area contributed by atoms with Crippen LogP contribution >= 0.6 is 0 Å². The molecule has 12 heteroatoms. The molecule has 0 fully saturated rings. The molecular formula is C18H17F3O7S2. The molecule has 30 heavy (non-hydrogen) atoms. The lowest BCUT2D eigenvalue weighted by Crippen LogP contribution is -2.31. The summed E-state index contributed by atoms with van der Waals surface area (Å²) >= 11 is 0. The second-order valence-electron chi connectivity index (χ2n) is 6.56. The van der Waals surface area contributed by atoms with E-state index in [0.717, 1.165) is 11.6 Å². The standard InChI is InChI=1S/C18H17F3O7S2/c1-12-5-9-15(10-6-12)29(22,23)26-11-14-8-7-13-3-2-4-16(17(13)27-14)28-30(24,25)18(19,20)21/h2-6,9-10,14H,7-8,11H2,1H3/t14-/m1/s1. The number of rotatable bonds is 6. The Balaban J connectivity index is 1.75. The van der Waals surface area contributed by atoms with Crippen LogP contribution in [-0.2, 0) is 30.8 Å². The predicted octanol–water partition coefficient (Wildman–Crippen LogP) is 3.32. The smallest absolute Gasteiger partial charge is 0.484 e. The summed E-state index contributed by atoms with van der Waals surface area (Å²) < 4.78 is 99.8. The third-order valence-electron chi connectivity index (χ3n) is 4.28. The van der Waals surface area contributed by atoms with Gasteiger partial charge in [-0.3, -0.25) is 4.18 Å². The summed E-state index contributed by atoms with van der Waals surface area (Å²) in [5.41, 5.74) is -4.31. The largest absolute Gasteiger partial charge is 0.534 e. The Hall–Kier alpha value is -2.31. The minimum absolute atomic E-state index is 0.0513. The predicted molar refractivity (Wildman–Crippen MR) is 99.1 cm³/mol. The first-order valence-corrected chi connectivity index (χ1v) is 11.5. The molecule has 0 saturated heterocycles. The van der Waals surface area contributed by atoms with Crippen molar-refractivity contribution in [3.05, 3.63) is 53.6 Å². The van der Waals surface area contributed by atoms with E-state index >= 15 is 0 Å². The number of hydrogen-bond donors (Lipinski definition) is 0. The SMILES string of the molecule is Cc1ccc(S(=O)(=O)OC[C@H]2CCc3cccc(OS(=O)(=O)C(F)(F)F)c3O2)cc1. The molecular weight excluding hydrogens is 449 g/mol. The third kappa shape index (κ3) is 4.87. The summed E-state index contributed by atoms with van der Waals surface area (Å²) in [7, 11) is -9.95. The first-order chi connectivity index (χ1) is 13.9. The molecule has 0 saturated carbocycles. The Bertz CT molecular complexity index is 1130. The molecule has 0 aliphatic carbocycles. The van der Waals surface area contributed by atoms with Crippen LogP contribution in [0.1, 0.15) is 17.5 Å². The Morgan fingerprint density at radius 2 is 1.73 bits per heavy atom. The number of para-hydroxylation sites is 1. The summed E-state index contributed by atoms with van der Waals surface area (Å²) in [5.74, 6) is -0.825. The highest BCUT2D eigenvalue weighted by atomic mass is 32.2. The lowest BCUT2D eigenvalue weighted by molar-refractivity contribution is -0.0501. The molecule has 0 amide bonds. The molecule has 2 aromatic rings. The minimum atomic E-state index is -5.88. The summed E-state index contributed by atoms with van der Waals surface area (Å²) in [6.07, 6.45) is -0.223. The molecule has 0 unspecified atom stereocenters. The van der Waals surface area contributed by atoms with Crippen LogP contribution in [0, 0.1) is 6.92 Å². The van der Waals surface area contributed by atoms with Crippen LogP contribution in [0.3, 0.4) is 0 Å². The molecule has 2 aromatic carbocycles. The minimum Gasteiger partial charge on any atom is -0.484 e. The van der Waals surface area contributed by atoms with Gasteiger partial charge >= 0.3 is 15.6 Å². The topological polar surface area (TPSA) is 96.0 Å². The fraction of sp³-hybridized carbons (Fsp3) is 0.333. The molecule has 0 bridgehead atoms. The lowest BCUT2D eigenvalue weighted by Gasteiger charge is -2.27. The van der Waals surface area contributed by atoms with E-state index in [1.165, 1.54) is 18.2 Å². The summed E-state index contributed by atoms with van der Waals surface area (Å²) in [4.78, 5) is -0.0513. The molecule has 1 aliphatic heterocycles. The van der Waals surface area contributed by atoms with Crippen LogP contribution in [0.4, 0.5) is 13.2 Å². The van der Waals surface area contributed by atoms with E-state index in [1.807, 2.05) is 0 Å². The highest BCUT2D eigenvalue weighted by Crippen LogP contribution is 2.39. The summed E-state index contributed by atoms with van der Waals surface area (Å²) in [6, 6.07) is 9.88. The third-order valence-corrected chi connectivity index (χ3v) is 6.54. The van der Waals surface area contributed by atoms with E-state index in [4.69, 9.17) is 8.92 Å². The van der Waals surface area contributed by atoms with E-state index < -0.39 is 44.2 Å². The van der Waals surface area contributed by atoms with E-state index in [-0.39, 0.29) is 10.6 Å². The number of fused-ring (bicyclic) bond motifs is 1. The van der Waals surface area contributed by atoms with Gasteiger partial charge in [0.2, 0.25) is 0 Å². The zero-order valence-corrected chi connectivity index (χ0v) is 17.2. The Kier molecular flexibility index (Phi) is 6.03. The Morgan fingerprint density at radius 3 is 2.37 bits per heavy atom. The molecule has 0 aromatic heterocycles. The van der Waals surface area contributed by atoms with Crippen LogP contribution in [0.15, 0.2) is 47.4 Å². The number of alkyl halides is 3. The zero-order valence-electron chi connectivity index (χ0n) is 15.5. The molecule has 0 radical (unpaired) electrons. The monoisotopic (exact) mass is 466 g/mol. The van der Waals surface area contributed by atoms with Gasteiger partial charge in [0.15, 0.2) is 11.5 Å². The lowest BCUT2D eigenvalue weighted by atomic mass is 10.0. The molecule has 1 heterocycles. The van der Waals surface area contributed by atoms with E-state index in [1.54, 1.807) is 25.1 Å². The van der Waals surface area contributed by atoms with Gasteiger partial charge in [-0.15, -0.1) is 0 Å². The van der Waals surface area contributed by atoms with Crippen molar-refractivity contribution >= 4 is 20.2 Å². The van der Waals surface area contributed by atoms with Crippen molar-refractivity contribution in [3.63, 3.8) is 0 Å². The van der Waals surface area contributed by atoms with Crippen molar-refractivity contribution in [2.45, 2.75) is 36.3 Å². The number of halogens is 3. The summed E-state index contributed by atoms with van der Waals surface area (Å²) in [5, 5.41) is 0. The molecule has 7 nitrogen and oxygen atoms in total. The van der Waals surface area contributed by atoms with Crippen LogP contribution in [-0.4, -0.2) is 35.1 Å². The van der Waals surface area contributed by atoms with Gasteiger partial charge in [-0.05, 0) is 43.5 Å². The second kappa shape index (κ2) is 8.08. The molecule has 1 aliphatic rings. The maximum atomic E-state index is 12.6. The Labute approximate surface area is 171 Å². The molecule has 0 spiro atoms. The maximum absolute atomic E-state index is 12.6. The van der Waals surface area contributed by atoms with E-state index in [2.05, 4.69) is 4.18 Å². The summed E-state index contributed by atoms with van der Waals surface area (Å²) in [6.45, 7) is 1.39. The fourth-order valence-electron chi connectivity index (χ4n) is 2.72. The van der Waals surface area contributed by atoms with E-state index in [0.29, 0.717) is 18.4 Å². The normalized spacial score (nSPS) is 17.1. The zero-order chi connectivity index (χ0) is 22.2. The quantitative estimate of drug-likeness (QED) is 0.476. The van der Waals surface area contributed by atoms with Crippen LogP contribution in [0.5, 0.6) is 11.5 Å². The van der Waals surface area contributed by atoms with Crippen molar-refractivity contribution in [3.8, 4) is 11.5 Å². The highest BCUT2D eigenvalue weighted by molar-refractivity contribution is 7.88. The number of aryl methyl sites for hydroxylation is 2. The van der Waals surface area contributed by atoms with Gasteiger partial charge in [0.1, 0.15) is 12.7 Å². The van der Waals surface area contributed by atoms with Gasteiger partial charge < -0.3 is 8.92 Å². The fourth-order valence-corrected chi connectivity index (χ4v) is 4.12. The van der Waals surface area contributed by atoms with Crippen molar-refractivity contribution in [2.75, 3.05) is 6.61 Å². The van der Waals surface area contributed by atoms with Gasteiger partial charge in [-0.1, -0.05) is 29.8 Å². The number of ether oxygens (including phenoxy) is 1. The van der Waals surface area contributed by atoms with Crippen LogP contribution in [0.2, 0.25) is 0 Å². The molecule has 0 N–H and O–H groups in total. The van der Waals surface area contributed by atoms with Crippen molar-refractivity contribution in [1.82, 2.24) is 0 Å². The van der Waals surface area contributed by atoms with Crippen LogP contribution in [0.25, 0.3) is 0 Å². The second-order valence-corrected chi connectivity index (χ2v) is 9.71. The van der Waals surface area contributed by atoms with E-state index in [9.17, 15) is 30.0 Å². The number of benzene rings is 2. The van der Waals surface area contributed by atoms with Gasteiger partial charge in [-0.2, -0.15) is 30.0 Å². The van der Waals surface area contributed by atoms with Crippen molar-refractivity contribution in [2.24, 2.45) is 0 Å². The molecule has 3 rings (SSSR count). The number of hydrogen-bond acceptors (Lipinski definition) is 7. The van der Waals surface area contributed by atoms with Gasteiger partial charge in [0, 0.05) is 0 Å². The first kappa shape index (κ1) is 22.4. The average Bonchev–Trinajstić information content (AvgIpc) is 2.66. The van der Waals surface area contributed by atoms with Gasteiger partial charge in [0.05, 0.1) is 4.90 Å². The first-order valence-electron chi connectivity index (χ1n) is 8.64. The highest BCUT2D eigenvalue weighted by Gasteiger charge is 2.49. The molecule has 164 valence electrons. The van der Waals surface area contributed by atoms with Gasteiger partial charge in [0.25, 0.3) is 10.1 Å². The maximum Gasteiger partial charge on any atom is 0.534 e. The van der Waals surface area contributed by atoms with Crippen LogP contribution < -0.4 is 8.92 Å². The van der Waals surface area contributed by atoms with Gasteiger partial charge in [-0.25, -0.2) is 0 Å².